The minimum absolute atomic E-state index is 0.0663. The number of likely N-dealkylation sites (tertiary alicyclic amines) is 1. The highest BCUT2D eigenvalue weighted by molar-refractivity contribution is 7.91. The number of pyridine rings is 2. The van der Waals surface area contributed by atoms with E-state index >= 15 is 0 Å². The van der Waals surface area contributed by atoms with Crippen LogP contribution in [-0.4, -0.2) is 113 Å². The molecule has 2 saturated heterocycles. The van der Waals surface area contributed by atoms with E-state index < -0.39 is 93.0 Å². The van der Waals surface area contributed by atoms with Gasteiger partial charge in [0.25, 0.3) is 17.7 Å². The van der Waals surface area contributed by atoms with Crippen LogP contribution >= 0.6 is 0 Å². The zero-order valence-electron chi connectivity index (χ0n) is 34.5. The van der Waals surface area contributed by atoms with Crippen LogP contribution in [-0.2, 0) is 29.2 Å². The van der Waals surface area contributed by atoms with E-state index in [2.05, 4.69) is 20.3 Å². The van der Waals surface area contributed by atoms with Gasteiger partial charge in [0.15, 0.2) is 0 Å². The zero-order valence-corrected chi connectivity index (χ0v) is 35.3. The van der Waals surface area contributed by atoms with E-state index in [4.69, 9.17) is 9.72 Å². The molecule has 0 radical (unpaired) electrons. The molecule has 3 aliphatic heterocycles. The number of rotatable bonds is 9. The minimum Gasteiger partial charge on any atom is -0.497 e. The molecule has 5 heterocycles. The number of alkyl halides is 2. The Kier molecular flexibility index (Phi) is 12.1. The van der Waals surface area contributed by atoms with Gasteiger partial charge in [0.1, 0.15) is 17.3 Å². The van der Waals surface area contributed by atoms with Crippen LogP contribution in [0.3, 0.4) is 0 Å². The van der Waals surface area contributed by atoms with Gasteiger partial charge in [-0.1, -0.05) is 31.1 Å². The van der Waals surface area contributed by atoms with Crippen molar-refractivity contribution >= 4 is 50.5 Å². The summed E-state index contributed by atoms with van der Waals surface area (Å²) in [4.78, 5) is 83.1. The molecule has 330 valence electrons. The summed E-state index contributed by atoms with van der Waals surface area (Å²) in [6.07, 6.45) is 8.05. The standard InChI is InChI=1S/C44H51F2N7O8S/c1-61-30-12-15-34-32(23-30)33(24-36(49-34)35-11-7-8-18-47-35)39(55)48-29-22-37-40(56)50-44(42(58)51-62(59,60)31-13-14-31)25-28(44)10-6-4-2-3-5-9-27(41(57)53(37)26-29)21-38(54)52-19-16-43(45,46)17-20-52/h6-8,10-12,15,18,23-24,27-29,31,37H,2-5,9,13-14,16-17,19-22,25-26H2,1H3,(H,48,55)(H,50,56)(H,51,58)/b10-6-/t27-,28?,29-,37+,44-/m1/s1. The average molecular weight is 876 g/mol. The van der Waals surface area contributed by atoms with Crippen LogP contribution < -0.4 is 20.1 Å². The number of aromatic nitrogens is 2. The number of nitrogens with one attached hydrogen (secondary N) is 3. The van der Waals surface area contributed by atoms with E-state index in [9.17, 15) is 41.2 Å². The van der Waals surface area contributed by atoms with E-state index in [-0.39, 0.29) is 44.5 Å². The van der Waals surface area contributed by atoms with Crippen molar-refractivity contribution in [1.29, 1.82) is 0 Å². The van der Waals surface area contributed by atoms with Gasteiger partial charge >= 0.3 is 0 Å². The number of methoxy groups -OCH3 is 1. The highest BCUT2D eigenvalue weighted by Crippen LogP contribution is 2.46. The van der Waals surface area contributed by atoms with Crippen LogP contribution in [0.1, 0.15) is 87.4 Å². The molecule has 2 aromatic heterocycles. The molecule has 2 aliphatic carbocycles. The largest absolute Gasteiger partial charge is 0.497 e. The third-order valence-electron chi connectivity index (χ3n) is 12.8. The first-order chi connectivity index (χ1) is 29.7. The maximum Gasteiger partial charge on any atom is 0.259 e. The second-order valence-electron chi connectivity index (χ2n) is 17.2. The number of carbonyl (C=O) groups excluding carboxylic acids is 5. The smallest absolute Gasteiger partial charge is 0.259 e. The first-order valence-corrected chi connectivity index (χ1v) is 22.9. The first-order valence-electron chi connectivity index (χ1n) is 21.4. The summed E-state index contributed by atoms with van der Waals surface area (Å²) < 4.78 is 61.6. The molecule has 18 heteroatoms. The summed E-state index contributed by atoms with van der Waals surface area (Å²) in [5.41, 5.74) is 0.119. The van der Waals surface area contributed by atoms with Crippen LogP contribution in [0.15, 0.2) is 60.8 Å². The van der Waals surface area contributed by atoms with Gasteiger partial charge in [-0.2, -0.15) is 0 Å². The highest BCUT2D eigenvalue weighted by Gasteiger charge is 2.62. The molecule has 0 bridgehead atoms. The summed E-state index contributed by atoms with van der Waals surface area (Å²) >= 11 is 0. The monoisotopic (exact) mass is 875 g/mol. The second kappa shape index (κ2) is 17.3. The van der Waals surface area contributed by atoms with E-state index in [1.165, 1.54) is 16.9 Å². The fraction of sp³-hybridized carbons (Fsp3) is 0.523. The third kappa shape index (κ3) is 9.29. The Balaban J connectivity index is 1.10. The lowest BCUT2D eigenvalue weighted by Gasteiger charge is -2.33. The minimum atomic E-state index is -3.96. The lowest BCUT2D eigenvalue weighted by Crippen LogP contribution is -2.57. The molecule has 8 rings (SSSR count). The quantitative estimate of drug-likeness (QED) is 0.261. The molecule has 5 atom stereocenters. The summed E-state index contributed by atoms with van der Waals surface area (Å²) in [6, 6.07) is 10.1. The summed E-state index contributed by atoms with van der Waals surface area (Å²) in [5.74, 6) is -6.80. The van der Waals surface area contributed by atoms with E-state index in [0.717, 1.165) is 6.42 Å². The number of nitrogens with zero attached hydrogens (tertiary/aromatic N) is 4. The van der Waals surface area contributed by atoms with Crippen molar-refractivity contribution in [2.24, 2.45) is 11.8 Å². The topological polar surface area (TPSA) is 197 Å². The van der Waals surface area contributed by atoms with Crippen LogP contribution in [0.5, 0.6) is 5.75 Å². The van der Waals surface area contributed by atoms with Crippen LogP contribution in [0.2, 0.25) is 0 Å². The van der Waals surface area contributed by atoms with Crippen LogP contribution in [0, 0.1) is 11.8 Å². The number of halogens is 2. The van der Waals surface area contributed by atoms with Gasteiger partial charge in [0.05, 0.1) is 34.8 Å². The van der Waals surface area contributed by atoms with Gasteiger partial charge in [0, 0.05) is 68.4 Å². The Labute approximate surface area is 358 Å². The van der Waals surface area contributed by atoms with Crippen molar-refractivity contribution in [2.45, 2.75) is 106 Å². The molecular weight excluding hydrogens is 825 g/mol. The maximum absolute atomic E-state index is 14.8. The average Bonchev–Trinajstić information content (AvgIpc) is 4.19. The number of fused-ring (bicyclic) bond motifs is 3. The van der Waals surface area contributed by atoms with Crippen molar-refractivity contribution in [3.8, 4) is 17.1 Å². The summed E-state index contributed by atoms with van der Waals surface area (Å²) in [5, 5.41) is 5.68. The second-order valence-corrected chi connectivity index (χ2v) is 19.2. The summed E-state index contributed by atoms with van der Waals surface area (Å²) in [6.45, 7) is -0.399. The number of allylic oxidation sites excluding steroid dienone is 1. The molecule has 4 fully saturated rings. The molecule has 5 aliphatic rings. The number of amides is 5. The van der Waals surface area contributed by atoms with Crippen LogP contribution in [0.4, 0.5) is 8.78 Å². The van der Waals surface area contributed by atoms with Crippen molar-refractivity contribution in [3.63, 3.8) is 0 Å². The van der Waals surface area contributed by atoms with E-state index in [1.807, 2.05) is 12.2 Å². The third-order valence-corrected chi connectivity index (χ3v) is 14.6. The molecule has 62 heavy (non-hydrogen) atoms. The predicted molar refractivity (Wildman–Crippen MR) is 223 cm³/mol. The Morgan fingerprint density at radius 3 is 2.52 bits per heavy atom. The fourth-order valence-electron chi connectivity index (χ4n) is 8.89. The Bertz CT molecular complexity index is 2390. The lowest BCUT2D eigenvalue weighted by atomic mass is 9.94. The predicted octanol–water partition coefficient (Wildman–Crippen LogP) is 4.27. The molecule has 0 spiro atoms. The summed E-state index contributed by atoms with van der Waals surface area (Å²) in [7, 11) is -2.46. The van der Waals surface area contributed by atoms with Gasteiger partial charge in [-0.25, -0.2) is 22.2 Å². The van der Waals surface area contributed by atoms with Gasteiger partial charge in [-0.3, -0.25) is 33.7 Å². The number of ether oxygens (including phenoxy) is 1. The van der Waals surface area contributed by atoms with Gasteiger partial charge in [-0.05, 0) is 81.3 Å². The molecule has 1 aromatic carbocycles. The number of hydrogen-bond donors (Lipinski definition) is 3. The van der Waals surface area contributed by atoms with Crippen molar-refractivity contribution < 1.29 is 45.9 Å². The number of piperidine rings is 1. The van der Waals surface area contributed by atoms with Crippen molar-refractivity contribution in [3.05, 3.63) is 66.4 Å². The van der Waals surface area contributed by atoms with E-state index in [1.54, 1.807) is 48.7 Å². The highest BCUT2D eigenvalue weighted by atomic mass is 32.2. The SMILES string of the molecule is COc1ccc2nc(-c3ccccn3)cc(C(=O)N[C@@H]3C[C@H]4C(=O)N[C@]5(C(=O)NS(=O)(=O)C6CC6)CC5/C=C\CCCCC[C@H](CC(=O)N5CCC(F)(F)CC5)C(=O)N4C3)c2c1. The number of benzene rings is 1. The van der Waals surface area contributed by atoms with Crippen molar-refractivity contribution in [1.82, 2.24) is 35.1 Å². The molecule has 3 N–H and O–H groups in total. The van der Waals surface area contributed by atoms with E-state index in [0.29, 0.717) is 66.6 Å². The molecule has 3 aromatic rings. The van der Waals surface area contributed by atoms with Gasteiger partial charge in [0.2, 0.25) is 27.7 Å². The first kappa shape index (κ1) is 43.1. The number of carbonyl (C=O) groups is 5. The zero-order chi connectivity index (χ0) is 43.8. The molecular formula is C44H51F2N7O8S. The van der Waals surface area contributed by atoms with Gasteiger partial charge < -0.3 is 25.2 Å². The normalized spacial score (nSPS) is 27.1. The Morgan fingerprint density at radius 2 is 1.79 bits per heavy atom. The number of hydrogen-bond acceptors (Lipinski definition) is 10. The molecule has 5 amide bonds. The van der Waals surface area contributed by atoms with Gasteiger partial charge in [-0.15, -0.1) is 0 Å². The molecule has 15 nitrogen and oxygen atoms in total. The lowest BCUT2D eigenvalue weighted by molar-refractivity contribution is -0.147. The molecule has 1 unspecified atom stereocenters. The fourth-order valence-corrected chi connectivity index (χ4v) is 10.3. The molecule has 2 saturated carbocycles. The van der Waals surface area contributed by atoms with Crippen molar-refractivity contribution in [2.75, 3.05) is 26.7 Å². The Hall–Kier alpha value is -5.52. The maximum atomic E-state index is 14.8. The number of sulfonamides is 1. The van der Waals surface area contributed by atoms with Crippen LogP contribution in [0.25, 0.3) is 22.3 Å². The Morgan fingerprint density at radius 1 is 1.00 bits per heavy atom.